The zero-order chi connectivity index (χ0) is 28.9. The molecule has 0 fully saturated rings. The van der Waals surface area contributed by atoms with Gasteiger partial charge in [-0.15, -0.1) is 0 Å². The highest BCUT2D eigenvalue weighted by molar-refractivity contribution is 6.00. The Kier molecular flexibility index (Phi) is 16.7. The van der Waals surface area contributed by atoms with E-state index in [1.165, 1.54) is 0 Å². The zero-order valence-electron chi connectivity index (χ0n) is 20.8. The van der Waals surface area contributed by atoms with E-state index in [1.54, 1.807) is 13.3 Å². The number of carbonyl (C=O) groups is 4. The summed E-state index contributed by atoms with van der Waals surface area (Å²) in [5, 5.41) is 35.5. The van der Waals surface area contributed by atoms with Crippen molar-refractivity contribution >= 4 is 29.6 Å². The molecule has 0 saturated carbocycles. The van der Waals surface area contributed by atoms with Crippen LogP contribution in [0, 0.1) is 6.92 Å². The number of hydrogen-bond donors (Lipinski definition) is 5. The van der Waals surface area contributed by atoms with E-state index < -0.39 is 23.9 Å². The summed E-state index contributed by atoms with van der Waals surface area (Å²) in [4.78, 5) is 47.7. The average Bonchev–Trinajstić information content (AvgIpc) is 3.29. The highest BCUT2D eigenvalue weighted by atomic mass is 16.6. The normalized spacial score (nSPS) is 10.7. The molecule has 0 spiro atoms. The lowest BCUT2D eigenvalue weighted by atomic mass is 10.1. The molecule has 0 amide bonds. The second-order valence-electron chi connectivity index (χ2n) is 6.83. The summed E-state index contributed by atoms with van der Waals surface area (Å²) in [6.07, 6.45) is 6.73. The third kappa shape index (κ3) is 16.6. The Labute approximate surface area is 217 Å². The predicted octanol–water partition coefficient (Wildman–Crippen LogP) is 1.39. The molecule has 206 valence electrons. The van der Waals surface area contributed by atoms with Crippen LogP contribution in [0.5, 0.6) is 5.75 Å². The van der Waals surface area contributed by atoms with E-state index in [2.05, 4.69) is 14.7 Å². The van der Waals surface area contributed by atoms with Gasteiger partial charge in [0.1, 0.15) is 18.2 Å². The first-order chi connectivity index (χ1) is 18.0. The van der Waals surface area contributed by atoms with Crippen LogP contribution in [0.1, 0.15) is 17.8 Å². The molecule has 0 unspecified atom stereocenters. The minimum atomic E-state index is -1.26. The number of aromatic nitrogens is 2. The minimum absolute atomic E-state index is 0.407. The first-order valence-electron chi connectivity index (χ1n) is 10.8. The summed E-state index contributed by atoms with van der Waals surface area (Å²) in [7, 11) is 1.65. The monoisotopic (exact) mass is 534 g/mol. The van der Waals surface area contributed by atoms with Crippen molar-refractivity contribution in [2.75, 3.05) is 20.3 Å². The lowest BCUT2D eigenvalue weighted by Crippen LogP contribution is -2.11. The van der Waals surface area contributed by atoms with Gasteiger partial charge in [-0.1, -0.05) is 5.16 Å². The Morgan fingerprint density at radius 2 is 1.45 bits per heavy atom. The van der Waals surface area contributed by atoms with Crippen molar-refractivity contribution in [2.45, 2.75) is 19.9 Å². The van der Waals surface area contributed by atoms with Gasteiger partial charge in [-0.25, -0.2) is 24.2 Å². The molecule has 6 N–H and O–H groups in total. The van der Waals surface area contributed by atoms with Crippen molar-refractivity contribution in [2.24, 2.45) is 10.9 Å². The number of nitrogens with two attached hydrogens (primary N) is 1. The fraction of sp³-hybridized carbons (Fsp3) is 0.250. The van der Waals surface area contributed by atoms with E-state index in [-0.39, 0.29) is 0 Å². The molecule has 0 radical (unpaired) electrons. The molecule has 1 heterocycles. The van der Waals surface area contributed by atoms with E-state index in [1.807, 2.05) is 37.4 Å². The molecule has 0 aliphatic rings. The van der Waals surface area contributed by atoms with Crippen molar-refractivity contribution in [3.8, 4) is 5.75 Å². The Hall–Kier alpha value is -4.98. The number of aryl methyl sites for hydroxylation is 2. The molecule has 0 aliphatic heterocycles. The standard InChI is InChI=1S/C16H22N4O2.2C4H4O4/c1-13-18-9-11-20(13)10-7-16(19-22-12-8-17)14-3-5-15(21-2)6-4-14;2*5-3(6)1-2-4(7)8/h3-6,9,11H,7-8,10,12,17H2,1-2H3;2*1-2H,(H,5,6)(H,7,8)/b;2*2-1+. The maximum absolute atomic E-state index is 9.55. The average molecular weight is 535 g/mol. The molecular formula is C24H30N4O10. The van der Waals surface area contributed by atoms with Gasteiger partial charge in [-0.3, -0.25) is 0 Å². The Morgan fingerprint density at radius 1 is 0.947 bits per heavy atom. The minimum Gasteiger partial charge on any atom is -0.497 e. The van der Waals surface area contributed by atoms with E-state index in [4.69, 9.17) is 35.7 Å². The van der Waals surface area contributed by atoms with Gasteiger partial charge in [0.15, 0.2) is 0 Å². The van der Waals surface area contributed by atoms with Gasteiger partial charge in [-0.2, -0.15) is 0 Å². The Morgan fingerprint density at radius 3 is 1.82 bits per heavy atom. The number of carboxylic acid groups (broad SMARTS) is 4. The number of imidazole rings is 1. The quantitative estimate of drug-likeness (QED) is 0.113. The van der Waals surface area contributed by atoms with Crippen LogP contribution in [0.15, 0.2) is 66.1 Å². The third-order valence-electron chi connectivity index (χ3n) is 4.06. The number of rotatable bonds is 12. The van der Waals surface area contributed by atoms with Crippen LogP contribution in [-0.2, 0) is 30.6 Å². The van der Waals surface area contributed by atoms with Gasteiger partial charge < -0.3 is 40.3 Å². The summed E-state index contributed by atoms with van der Waals surface area (Å²) in [5.74, 6) is -3.23. The van der Waals surface area contributed by atoms with Crippen molar-refractivity contribution < 1.29 is 49.2 Å². The van der Waals surface area contributed by atoms with Crippen molar-refractivity contribution in [3.05, 3.63) is 72.4 Å². The van der Waals surface area contributed by atoms with Crippen LogP contribution in [0.4, 0.5) is 0 Å². The maximum atomic E-state index is 9.55. The second kappa shape index (κ2) is 19.2. The number of benzene rings is 1. The van der Waals surface area contributed by atoms with Gasteiger partial charge in [0.05, 0.1) is 12.8 Å². The van der Waals surface area contributed by atoms with Crippen LogP contribution in [0.2, 0.25) is 0 Å². The van der Waals surface area contributed by atoms with Gasteiger partial charge in [0.25, 0.3) is 0 Å². The van der Waals surface area contributed by atoms with Gasteiger partial charge in [0, 0.05) is 56.2 Å². The van der Waals surface area contributed by atoms with Crippen LogP contribution < -0.4 is 10.5 Å². The topological polar surface area (TPSA) is 224 Å². The highest BCUT2D eigenvalue weighted by Crippen LogP contribution is 2.14. The molecule has 14 nitrogen and oxygen atoms in total. The molecular weight excluding hydrogens is 504 g/mol. The third-order valence-corrected chi connectivity index (χ3v) is 4.06. The summed E-state index contributed by atoms with van der Waals surface area (Å²) < 4.78 is 7.27. The fourth-order valence-corrected chi connectivity index (χ4v) is 2.35. The number of aliphatic carboxylic acids is 4. The van der Waals surface area contributed by atoms with Gasteiger partial charge >= 0.3 is 23.9 Å². The fourth-order valence-electron chi connectivity index (χ4n) is 2.35. The lowest BCUT2D eigenvalue weighted by Gasteiger charge is -2.09. The number of oxime groups is 1. The molecule has 2 aromatic rings. The largest absolute Gasteiger partial charge is 0.497 e. The zero-order valence-corrected chi connectivity index (χ0v) is 20.8. The molecule has 0 atom stereocenters. The molecule has 2 rings (SSSR count). The smallest absolute Gasteiger partial charge is 0.328 e. The lowest BCUT2D eigenvalue weighted by molar-refractivity contribution is -0.134. The molecule has 14 heteroatoms. The van der Waals surface area contributed by atoms with Crippen LogP contribution in [0.25, 0.3) is 0 Å². The Bertz CT molecular complexity index is 1060. The highest BCUT2D eigenvalue weighted by Gasteiger charge is 2.07. The van der Waals surface area contributed by atoms with Crippen molar-refractivity contribution in [1.29, 1.82) is 0 Å². The number of ether oxygens (including phenoxy) is 1. The number of carboxylic acids is 4. The van der Waals surface area contributed by atoms with Gasteiger partial charge in [-0.05, 0) is 36.8 Å². The molecule has 1 aromatic heterocycles. The first-order valence-corrected chi connectivity index (χ1v) is 10.8. The van der Waals surface area contributed by atoms with E-state index in [0.29, 0.717) is 37.5 Å². The predicted molar refractivity (Wildman–Crippen MR) is 135 cm³/mol. The van der Waals surface area contributed by atoms with Crippen molar-refractivity contribution in [3.63, 3.8) is 0 Å². The maximum Gasteiger partial charge on any atom is 0.328 e. The second-order valence-corrected chi connectivity index (χ2v) is 6.83. The Balaban J connectivity index is 0.000000705. The van der Waals surface area contributed by atoms with E-state index >= 15 is 0 Å². The SMILES string of the molecule is COc1ccc(C(CCn2ccnc2C)=NOCCN)cc1.O=C(O)/C=C/C(=O)O.O=C(O)/C=C/C(=O)O. The van der Waals surface area contributed by atoms with Crippen LogP contribution >= 0.6 is 0 Å². The van der Waals surface area contributed by atoms with Crippen molar-refractivity contribution in [1.82, 2.24) is 9.55 Å². The molecule has 38 heavy (non-hydrogen) atoms. The summed E-state index contributed by atoms with van der Waals surface area (Å²) in [6.45, 7) is 3.63. The molecule has 0 saturated heterocycles. The first kappa shape index (κ1) is 33.0. The summed E-state index contributed by atoms with van der Waals surface area (Å²) in [6, 6.07) is 7.78. The van der Waals surface area contributed by atoms with Crippen LogP contribution in [0.3, 0.4) is 0 Å². The summed E-state index contributed by atoms with van der Waals surface area (Å²) in [5.41, 5.74) is 7.33. The number of nitrogens with zero attached hydrogens (tertiary/aromatic N) is 3. The molecule has 0 bridgehead atoms. The van der Waals surface area contributed by atoms with Crippen LogP contribution in [-0.4, -0.2) is 79.8 Å². The van der Waals surface area contributed by atoms with E-state index in [0.717, 1.165) is 35.8 Å². The van der Waals surface area contributed by atoms with Gasteiger partial charge in [0.2, 0.25) is 0 Å². The number of methoxy groups -OCH3 is 1. The molecule has 1 aromatic carbocycles. The van der Waals surface area contributed by atoms with E-state index in [9.17, 15) is 19.2 Å². The number of hydrogen-bond acceptors (Lipinski definition) is 9. The summed E-state index contributed by atoms with van der Waals surface area (Å²) >= 11 is 0. The molecule has 0 aliphatic carbocycles.